The molecule has 0 radical (unpaired) electrons. The second-order valence-corrected chi connectivity index (χ2v) is 6.30. The van der Waals surface area contributed by atoms with E-state index in [-0.39, 0.29) is 13.0 Å². The van der Waals surface area contributed by atoms with Crippen LogP contribution in [0.25, 0.3) is 0 Å². The minimum absolute atomic E-state index is 0.136. The Bertz CT molecular complexity index is 579. The fourth-order valence-electron chi connectivity index (χ4n) is 1.87. The summed E-state index contributed by atoms with van der Waals surface area (Å²) in [7, 11) is 1.43. The summed E-state index contributed by atoms with van der Waals surface area (Å²) in [4.78, 5) is 43.9. The Kier molecular flexibility index (Phi) is 7.41. The number of ether oxygens (including phenoxy) is 3. The van der Waals surface area contributed by atoms with Crippen LogP contribution in [0.4, 0.5) is 4.79 Å². The van der Waals surface area contributed by atoms with E-state index in [0.717, 1.165) is 4.90 Å². The van der Waals surface area contributed by atoms with Crippen molar-refractivity contribution in [3.8, 4) is 0 Å². The molecule has 0 aromatic carbocycles. The van der Waals surface area contributed by atoms with Gasteiger partial charge in [0, 0.05) is 25.4 Å². The maximum Gasteiger partial charge on any atom is 0.410 e. The van der Waals surface area contributed by atoms with Crippen LogP contribution in [0.1, 0.15) is 33.4 Å². The quantitative estimate of drug-likeness (QED) is 0.579. The van der Waals surface area contributed by atoms with E-state index in [4.69, 9.17) is 14.2 Å². The Morgan fingerprint density at radius 2 is 1.96 bits per heavy atom. The van der Waals surface area contributed by atoms with Crippen molar-refractivity contribution in [3.05, 3.63) is 18.2 Å². The van der Waals surface area contributed by atoms with E-state index in [1.54, 1.807) is 27.7 Å². The minimum atomic E-state index is -0.982. The van der Waals surface area contributed by atoms with Gasteiger partial charge < -0.3 is 19.2 Å². The molecule has 1 heterocycles. The number of esters is 2. The summed E-state index contributed by atoms with van der Waals surface area (Å²) < 4.78 is 15.0. The molecule has 0 saturated heterocycles. The van der Waals surface area contributed by atoms with Crippen LogP contribution >= 0.6 is 0 Å². The average Bonchev–Trinajstić information content (AvgIpc) is 3.01. The highest BCUT2D eigenvalue weighted by atomic mass is 16.6. The number of likely N-dealkylation sites (N-methyl/N-ethyl adjacent to an activating group) is 1. The van der Waals surface area contributed by atoms with Gasteiger partial charge in [-0.3, -0.25) is 4.90 Å². The highest BCUT2D eigenvalue weighted by molar-refractivity contribution is 5.83. The number of hydrogen-bond donors (Lipinski definition) is 1. The zero-order valence-electron chi connectivity index (χ0n) is 15.2. The standard InChI is InChI=1S/C16H25N3O6/c1-6-23-13(20)9-24-14(21)12(7-11-8-17-10-18-11)19(5)15(22)25-16(2,3)4/h8,10,12H,6-7,9H2,1-5H3,(H,17,18)/t12-/m0/s1. The topological polar surface area (TPSA) is 111 Å². The van der Waals surface area contributed by atoms with Crippen molar-refractivity contribution < 1.29 is 28.6 Å². The molecule has 0 unspecified atom stereocenters. The fourth-order valence-corrected chi connectivity index (χ4v) is 1.87. The Morgan fingerprint density at radius 1 is 1.28 bits per heavy atom. The molecule has 140 valence electrons. The predicted octanol–water partition coefficient (Wildman–Crippen LogP) is 1.29. The molecular weight excluding hydrogens is 330 g/mol. The highest BCUT2D eigenvalue weighted by Gasteiger charge is 2.32. The van der Waals surface area contributed by atoms with Crippen LogP contribution in [-0.2, 0) is 30.2 Å². The second-order valence-electron chi connectivity index (χ2n) is 6.30. The van der Waals surface area contributed by atoms with Gasteiger partial charge in [-0.2, -0.15) is 0 Å². The van der Waals surface area contributed by atoms with Crippen molar-refractivity contribution in [2.45, 2.75) is 45.8 Å². The zero-order valence-corrected chi connectivity index (χ0v) is 15.2. The fraction of sp³-hybridized carbons (Fsp3) is 0.625. The molecule has 1 aromatic rings. The molecule has 0 aliphatic carbocycles. The van der Waals surface area contributed by atoms with Gasteiger partial charge in [-0.15, -0.1) is 0 Å². The molecule has 0 aliphatic rings. The number of carbonyl (C=O) groups is 3. The van der Waals surface area contributed by atoms with E-state index in [1.807, 2.05) is 0 Å². The maximum absolute atomic E-state index is 12.4. The number of amides is 1. The second kappa shape index (κ2) is 9.05. The summed E-state index contributed by atoms with van der Waals surface area (Å²) in [6, 6.07) is -0.982. The Hall–Kier alpha value is -2.58. The summed E-state index contributed by atoms with van der Waals surface area (Å²) in [6.45, 7) is 6.49. The van der Waals surface area contributed by atoms with Crippen molar-refractivity contribution in [2.75, 3.05) is 20.3 Å². The molecular formula is C16H25N3O6. The lowest BCUT2D eigenvalue weighted by molar-refractivity contribution is -0.161. The number of nitrogens with one attached hydrogen (secondary N) is 1. The normalized spacial score (nSPS) is 12.2. The molecule has 25 heavy (non-hydrogen) atoms. The summed E-state index contributed by atoms with van der Waals surface area (Å²) in [5, 5.41) is 0. The summed E-state index contributed by atoms with van der Waals surface area (Å²) in [6.07, 6.45) is 2.46. The molecule has 9 heteroatoms. The molecule has 9 nitrogen and oxygen atoms in total. The van der Waals surface area contributed by atoms with E-state index in [2.05, 4.69) is 9.97 Å². The number of rotatable bonds is 7. The lowest BCUT2D eigenvalue weighted by Crippen LogP contribution is -2.47. The molecule has 0 saturated carbocycles. The number of aromatic nitrogens is 2. The molecule has 1 N–H and O–H groups in total. The smallest absolute Gasteiger partial charge is 0.410 e. The molecule has 1 aromatic heterocycles. The van der Waals surface area contributed by atoms with Crippen LogP contribution < -0.4 is 0 Å². The molecule has 1 rings (SSSR count). The van der Waals surface area contributed by atoms with Gasteiger partial charge in [-0.05, 0) is 27.7 Å². The molecule has 0 aliphatic heterocycles. The number of H-pyrrole nitrogens is 1. The Morgan fingerprint density at radius 3 is 2.48 bits per heavy atom. The summed E-state index contributed by atoms with van der Waals surface area (Å²) in [5.41, 5.74) is -0.0767. The van der Waals surface area contributed by atoms with E-state index < -0.39 is 36.3 Å². The van der Waals surface area contributed by atoms with Gasteiger partial charge in [0.15, 0.2) is 6.61 Å². The third-order valence-electron chi connectivity index (χ3n) is 3.03. The van der Waals surface area contributed by atoms with Crippen molar-refractivity contribution >= 4 is 18.0 Å². The van der Waals surface area contributed by atoms with Crippen molar-refractivity contribution in [1.82, 2.24) is 14.9 Å². The van der Waals surface area contributed by atoms with Gasteiger partial charge in [0.2, 0.25) is 0 Å². The van der Waals surface area contributed by atoms with Crippen LogP contribution in [-0.4, -0.2) is 64.8 Å². The predicted molar refractivity (Wildman–Crippen MR) is 87.7 cm³/mol. The number of nitrogens with zero attached hydrogens (tertiary/aromatic N) is 2. The average molecular weight is 355 g/mol. The first kappa shape index (κ1) is 20.5. The van der Waals surface area contributed by atoms with Gasteiger partial charge in [-0.1, -0.05) is 0 Å². The van der Waals surface area contributed by atoms with Crippen LogP contribution in [0.15, 0.2) is 12.5 Å². The minimum Gasteiger partial charge on any atom is -0.463 e. The first-order chi connectivity index (χ1) is 11.6. The zero-order chi connectivity index (χ0) is 19.0. The largest absolute Gasteiger partial charge is 0.463 e. The highest BCUT2D eigenvalue weighted by Crippen LogP contribution is 2.14. The first-order valence-electron chi connectivity index (χ1n) is 7.89. The molecule has 0 fully saturated rings. The summed E-state index contributed by atoms with van der Waals surface area (Å²) >= 11 is 0. The van der Waals surface area contributed by atoms with E-state index in [9.17, 15) is 14.4 Å². The Balaban J connectivity index is 2.82. The van der Waals surface area contributed by atoms with E-state index in [0.29, 0.717) is 5.69 Å². The van der Waals surface area contributed by atoms with E-state index in [1.165, 1.54) is 19.6 Å². The lowest BCUT2D eigenvalue weighted by Gasteiger charge is -2.29. The van der Waals surface area contributed by atoms with Crippen LogP contribution in [0.3, 0.4) is 0 Å². The lowest BCUT2D eigenvalue weighted by atomic mass is 10.1. The molecule has 1 amide bonds. The van der Waals surface area contributed by atoms with Gasteiger partial charge in [0.05, 0.1) is 12.9 Å². The molecule has 1 atom stereocenters. The summed E-state index contributed by atoms with van der Waals surface area (Å²) in [5.74, 6) is -1.40. The van der Waals surface area contributed by atoms with Crippen LogP contribution in [0.2, 0.25) is 0 Å². The van der Waals surface area contributed by atoms with Crippen LogP contribution in [0.5, 0.6) is 0 Å². The van der Waals surface area contributed by atoms with Gasteiger partial charge in [0.25, 0.3) is 0 Å². The third kappa shape index (κ3) is 7.23. The van der Waals surface area contributed by atoms with Crippen LogP contribution in [0, 0.1) is 0 Å². The van der Waals surface area contributed by atoms with Gasteiger partial charge >= 0.3 is 18.0 Å². The van der Waals surface area contributed by atoms with Gasteiger partial charge in [-0.25, -0.2) is 19.4 Å². The van der Waals surface area contributed by atoms with Crippen molar-refractivity contribution in [3.63, 3.8) is 0 Å². The van der Waals surface area contributed by atoms with Crippen molar-refractivity contribution in [1.29, 1.82) is 0 Å². The van der Waals surface area contributed by atoms with E-state index >= 15 is 0 Å². The number of carbonyl (C=O) groups excluding carboxylic acids is 3. The monoisotopic (exact) mass is 355 g/mol. The molecule has 0 bridgehead atoms. The number of aromatic amines is 1. The third-order valence-corrected chi connectivity index (χ3v) is 3.03. The SMILES string of the molecule is CCOC(=O)COC(=O)[C@H](Cc1cnc[nH]1)N(C)C(=O)OC(C)(C)C. The Labute approximate surface area is 146 Å². The molecule has 0 spiro atoms. The first-order valence-corrected chi connectivity index (χ1v) is 7.89. The maximum atomic E-state index is 12.4. The number of imidazole rings is 1. The van der Waals surface area contributed by atoms with Crippen molar-refractivity contribution in [2.24, 2.45) is 0 Å². The van der Waals surface area contributed by atoms with Gasteiger partial charge in [0.1, 0.15) is 11.6 Å². The number of hydrogen-bond acceptors (Lipinski definition) is 7.